The Balaban J connectivity index is 1.64. The van der Waals surface area contributed by atoms with Crippen molar-refractivity contribution in [1.82, 2.24) is 15.5 Å². The summed E-state index contributed by atoms with van der Waals surface area (Å²) in [5.41, 5.74) is 1.86. The van der Waals surface area contributed by atoms with Crippen molar-refractivity contribution in [2.24, 2.45) is 0 Å². The van der Waals surface area contributed by atoms with Gasteiger partial charge in [0.15, 0.2) is 11.5 Å². The van der Waals surface area contributed by atoms with Crippen molar-refractivity contribution in [1.29, 1.82) is 0 Å². The first-order valence-electron chi connectivity index (χ1n) is 7.91. The minimum absolute atomic E-state index is 0.109. The van der Waals surface area contributed by atoms with Gasteiger partial charge >= 0.3 is 0 Å². The summed E-state index contributed by atoms with van der Waals surface area (Å²) < 4.78 is 27.2. The zero-order valence-corrected chi connectivity index (χ0v) is 14.0. The number of nitrogens with one attached hydrogen (secondary N) is 2. The average molecular weight is 354 g/mol. The van der Waals surface area contributed by atoms with Crippen LogP contribution < -0.4 is 10.6 Å². The highest BCUT2D eigenvalue weighted by atomic mass is 19.1. The van der Waals surface area contributed by atoms with Gasteiger partial charge in [0.1, 0.15) is 17.3 Å². The fourth-order valence-electron chi connectivity index (χ4n) is 2.36. The van der Waals surface area contributed by atoms with Crippen LogP contribution in [-0.4, -0.2) is 16.1 Å². The van der Waals surface area contributed by atoms with Gasteiger partial charge in [0.05, 0.1) is 0 Å². The van der Waals surface area contributed by atoms with Crippen LogP contribution in [0.15, 0.2) is 54.6 Å². The Bertz CT molecular complexity index is 909. The van der Waals surface area contributed by atoms with Gasteiger partial charge in [0.25, 0.3) is 5.91 Å². The van der Waals surface area contributed by atoms with E-state index in [1.54, 1.807) is 0 Å². The van der Waals surface area contributed by atoms with E-state index in [0.717, 1.165) is 23.3 Å². The standard InChI is InChI=1S/C19H16F2N4O/c1-12-4-2-5-13(10-12)11-22-19(26)16-8-9-17(25-24-16)23-18-14(20)6-3-7-15(18)21/h2-10H,11H2,1H3,(H,22,26)(H,23,25). The van der Waals surface area contributed by atoms with E-state index in [1.165, 1.54) is 18.2 Å². The molecule has 1 aromatic heterocycles. The lowest BCUT2D eigenvalue weighted by atomic mass is 10.1. The Labute approximate surface area is 149 Å². The predicted molar refractivity (Wildman–Crippen MR) is 94.0 cm³/mol. The van der Waals surface area contributed by atoms with Gasteiger partial charge in [0, 0.05) is 6.54 Å². The highest BCUT2D eigenvalue weighted by Gasteiger charge is 2.11. The van der Waals surface area contributed by atoms with Crippen LogP contribution in [0.3, 0.4) is 0 Å². The van der Waals surface area contributed by atoms with Crippen LogP contribution in [0.2, 0.25) is 0 Å². The van der Waals surface area contributed by atoms with Gasteiger partial charge in [0.2, 0.25) is 0 Å². The molecule has 26 heavy (non-hydrogen) atoms. The summed E-state index contributed by atoms with van der Waals surface area (Å²) in [5.74, 6) is -1.74. The molecular weight excluding hydrogens is 338 g/mol. The van der Waals surface area contributed by atoms with E-state index < -0.39 is 11.6 Å². The third-order valence-corrected chi connectivity index (χ3v) is 3.65. The van der Waals surface area contributed by atoms with Gasteiger partial charge in [-0.2, -0.15) is 0 Å². The second-order valence-electron chi connectivity index (χ2n) is 5.70. The highest BCUT2D eigenvalue weighted by molar-refractivity contribution is 5.92. The topological polar surface area (TPSA) is 66.9 Å². The number of anilines is 2. The van der Waals surface area contributed by atoms with Gasteiger partial charge in [-0.25, -0.2) is 8.78 Å². The van der Waals surface area contributed by atoms with Crippen LogP contribution in [0.1, 0.15) is 21.6 Å². The zero-order valence-electron chi connectivity index (χ0n) is 14.0. The lowest BCUT2D eigenvalue weighted by molar-refractivity contribution is 0.0945. The van der Waals surface area contributed by atoms with E-state index in [2.05, 4.69) is 20.8 Å². The molecule has 0 aliphatic rings. The summed E-state index contributed by atoms with van der Waals surface area (Å²) in [6.45, 7) is 2.34. The number of carbonyl (C=O) groups is 1. The molecule has 7 heteroatoms. The van der Waals surface area contributed by atoms with Crippen molar-refractivity contribution in [2.45, 2.75) is 13.5 Å². The van der Waals surface area contributed by atoms with Crippen molar-refractivity contribution < 1.29 is 13.6 Å². The molecule has 5 nitrogen and oxygen atoms in total. The van der Waals surface area contributed by atoms with E-state index in [-0.39, 0.29) is 23.1 Å². The molecule has 0 saturated heterocycles. The first kappa shape index (κ1) is 17.5. The van der Waals surface area contributed by atoms with E-state index in [0.29, 0.717) is 6.54 Å². The van der Waals surface area contributed by atoms with Crippen LogP contribution in [-0.2, 0) is 6.54 Å². The van der Waals surface area contributed by atoms with Crippen molar-refractivity contribution in [3.63, 3.8) is 0 Å². The molecule has 0 unspecified atom stereocenters. The number of halogens is 2. The number of hydrogen-bond acceptors (Lipinski definition) is 4. The Morgan fingerprint density at radius 2 is 1.73 bits per heavy atom. The molecule has 3 aromatic rings. The molecule has 0 atom stereocenters. The van der Waals surface area contributed by atoms with Crippen LogP contribution in [0, 0.1) is 18.6 Å². The zero-order chi connectivity index (χ0) is 18.5. The third kappa shape index (κ3) is 4.18. The maximum Gasteiger partial charge on any atom is 0.272 e. The number of nitrogens with zero attached hydrogens (tertiary/aromatic N) is 2. The molecule has 1 heterocycles. The molecule has 132 valence electrons. The summed E-state index contributed by atoms with van der Waals surface area (Å²) in [7, 11) is 0. The predicted octanol–water partition coefficient (Wildman–Crippen LogP) is 3.74. The fourth-order valence-corrected chi connectivity index (χ4v) is 2.36. The van der Waals surface area contributed by atoms with Crippen molar-refractivity contribution in [3.05, 3.63) is 83.1 Å². The fraction of sp³-hybridized carbons (Fsp3) is 0.105. The quantitative estimate of drug-likeness (QED) is 0.733. The number of aromatic nitrogens is 2. The Kier molecular flexibility index (Phi) is 5.17. The first-order valence-corrected chi connectivity index (χ1v) is 7.91. The molecule has 0 radical (unpaired) electrons. The number of carbonyl (C=O) groups excluding carboxylic acids is 1. The van der Waals surface area contributed by atoms with E-state index in [9.17, 15) is 13.6 Å². The Hall–Kier alpha value is -3.35. The normalized spacial score (nSPS) is 10.4. The number of para-hydroxylation sites is 1. The second kappa shape index (κ2) is 7.69. The van der Waals surface area contributed by atoms with Gasteiger partial charge in [-0.05, 0) is 36.8 Å². The summed E-state index contributed by atoms with van der Waals surface area (Å²) in [4.78, 5) is 12.1. The molecule has 1 amide bonds. The van der Waals surface area contributed by atoms with Crippen molar-refractivity contribution in [3.8, 4) is 0 Å². The summed E-state index contributed by atoms with van der Waals surface area (Å²) in [6, 6.07) is 14.2. The molecule has 0 bridgehead atoms. The molecule has 0 aliphatic heterocycles. The smallest absolute Gasteiger partial charge is 0.272 e. The molecule has 0 saturated carbocycles. The monoisotopic (exact) mass is 354 g/mol. The van der Waals surface area contributed by atoms with E-state index >= 15 is 0 Å². The minimum atomic E-state index is -0.744. The first-order chi connectivity index (χ1) is 12.5. The van der Waals surface area contributed by atoms with Gasteiger partial charge < -0.3 is 10.6 Å². The Morgan fingerprint density at radius 3 is 2.38 bits per heavy atom. The average Bonchev–Trinajstić information content (AvgIpc) is 2.63. The molecule has 0 spiro atoms. The number of aryl methyl sites for hydroxylation is 1. The van der Waals surface area contributed by atoms with Gasteiger partial charge in [-0.3, -0.25) is 4.79 Å². The van der Waals surface area contributed by atoms with Crippen LogP contribution in [0.4, 0.5) is 20.3 Å². The maximum absolute atomic E-state index is 13.6. The lowest BCUT2D eigenvalue weighted by Gasteiger charge is -2.08. The lowest BCUT2D eigenvalue weighted by Crippen LogP contribution is -2.24. The number of hydrogen-bond donors (Lipinski definition) is 2. The molecule has 2 aromatic carbocycles. The maximum atomic E-state index is 13.6. The summed E-state index contributed by atoms with van der Waals surface area (Å²) in [5, 5.41) is 12.8. The van der Waals surface area contributed by atoms with Crippen LogP contribution in [0.25, 0.3) is 0 Å². The number of benzene rings is 2. The number of amides is 1. The van der Waals surface area contributed by atoms with Crippen molar-refractivity contribution in [2.75, 3.05) is 5.32 Å². The van der Waals surface area contributed by atoms with E-state index in [4.69, 9.17) is 0 Å². The molecule has 2 N–H and O–H groups in total. The van der Waals surface area contributed by atoms with E-state index in [1.807, 2.05) is 31.2 Å². The second-order valence-corrected chi connectivity index (χ2v) is 5.70. The number of rotatable bonds is 5. The van der Waals surface area contributed by atoms with Crippen molar-refractivity contribution >= 4 is 17.4 Å². The van der Waals surface area contributed by atoms with Gasteiger partial charge in [-0.15, -0.1) is 10.2 Å². The van der Waals surface area contributed by atoms with Crippen LogP contribution in [0.5, 0.6) is 0 Å². The molecule has 3 rings (SSSR count). The van der Waals surface area contributed by atoms with Crippen LogP contribution >= 0.6 is 0 Å². The third-order valence-electron chi connectivity index (χ3n) is 3.65. The minimum Gasteiger partial charge on any atom is -0.347 e. The highest BCUT2D eigenvalue weighted by Crippen LogP contribution is 2.21. The summed E-state index contributed by atoms with van der Waals surface area (Å²) >= 11 is 0. The SMILES string of the molecule is Cc1cccc(CNC(=O)c2ccc(Nc3c(F)cccc3F)nn2)c1. The summed E-state index contributed by atoms with van der Waals surface area (Å²) in [6.07, 6.45) is 0. The molecule has 0 aliphatic carbocycles. The van der Waals surface area contributed by atoms with Gasteiger partial charge in [-0.1, -0.05) is 35.9 Å². The largest absolute Gasteiger partial charge is 0.347 e. The molecule has 0 fully saturated rings. The molecular formula is C19H16F2N4O. The Morgan fingerprint density at radius 1 is 1.00 bits per heavy atom.